The van der Waals surface area contributed by atoms with Crippen LogP contribution in [0.4, 0.5) is 0 Å². The van der Waals surface area contributed by atoms with Crippen molar-refractivity contribution in [2.24, 2.45) is 0 Å². The summed E-state index contributed by atoms with van der Waals surface area (Å²) in [5.74, 6) is 0.631. The number of hydrogen-bond acceptors (Lipinski definition) is 4. The van der Waals surface area contributed by atoms with Crippen LogP contribution in [0.25, 0.3) is 32.7 Å². The molecule has 0 radical (unpaired) electrons. The molecule has 5 heteroatoms. The number of thiophene rings is 1. The lowest BCUT2D eigenvalue weighted by Gasteiger charge is -2.14. The van der Waals surface area contributed by atoms with Crippen molar-refractivity contribution < 1.29 is 0 Å². The van der Waals surface area contributed by atoms with E-state index >= 15 is 0 Å². The van der Waals surface area contributed by atoms with Crippen molar-refractivity contribution in [3.05, 3.63) is 111 Å². The van der Waals surface area contributed by atoms with Crippen molar-refractivity contribution in [2.45, 2.75) is 13.5 Å². The van der Waals surface area contributed by atoms with Crippen molar-refractivity contribution >= 4 is 21.6 Å². The lowest BCUT2D eigenvalue weighted by Crippen LogP contribution is -2.24. The van der Waals surface area contributed by atoms with E-state index in [-0.39, 0.29) is 5.56 Å². The zero-order chi connectivity index (χ0) is 22.1. The Morgan fingerprint density at radius 3 is 2.50 bits per heavy atom. The van der Waals surface area contributed by atoms with Gasteiger partial charge < -0.3 is 0 Å². The summed E-state index contributed by atoms with van der Waals surface area (Å²) in [7, 11) is 0. The third-order valence-electron chi connectivity index (χ3n) is 5.49. The Hall–Kier alpha value is -4.01. The molecule has 154 valence electrons. The molecule has 2 aromatic heterocycles. The smallest absolute Gasteiger partial charge is 0.263 e. The summed E-state index contributed by atoms with van der Waals surface area (Å²) in [5.41, 5.74) is 5.32. The normalized spacial score (nSPS) is 10.9. The van der Waals surface area contributed by atoms with E-state index < -0.39 is 0 Å². The van der Waals surface area contributed by atoms with Gasteiger partial charge in [-0.05, 0) is 30.2 Å². The van der Waals surface area contributed by atoms with Crippen LogP contribution in [0.3, 0.4) is 0 Å². The van der Waals surface area contributed by atoms with Gasteiger partial charge >= 0.3 is 0 Å². The highest BCUT2D eigenvalue weighted by molar-refractivity contribution is 7.17. The van der Waals surface area contributed by atoms with E-state index in [1.54, 1.807) is 10.6 Å². The molecular formula is C27H19N3OS. The first-order valence-electron chi connectivity index (χ1n) is 10.3. The molecule has 5 aromatic rings. The second kappa shape index (κ2) is 8.26. The van der Waals surface area contributed by atoms with Gasteiger partial charge in [0, 0.05) is 16.5 Å². The minimum Gasteiger partial charge on any atom is -0.288 e. The maximum atomic E-state index is 13.9. The molecule has 0 saturated carbocycles. The van der Waals surface area contributed by atoms with Gasteiger partial charge in [0.2, 0.25) is 0 Å². The number of aryl methyl sites for hydroxylation is 1. The molecule has 0 bridgehead atoms. The van der Waals surface area contributed by atoms with E-state index in [0.717, 1.165) is 32.6 Å². The van der Waals surface area contributed by atoms with Crippen LogP contribution in [-0.4, -0.2) is 9.55 Å². The predicted molar refractivity (Wildman–Crippen MR) is 130 cm³/mol. The van der Waals surface area contributed by atoms with Gasteiger partial charge in [0.05, 0.1) is 23.6 Å². The second-order valence-corrected chi connectivity index (χ2v) is 8.56. The molecule has 0 aliphatic heterocycles. The summed E-state index contributed by atoms with van der Waals surface area (Å²) in [6, 6.07) is 27.5. The fourth-order valence-electron chi connectivity index (χ4n) is 3.85. The standard InChI is InChI=1S/C27H19N3OS/c1-18-10-12-22(13-11-18)25-29-26-24(23(17-32-26)21-8-3-2-4-9-21)27(31)30(25)16-20-7-5-6-19(14-20)15-28/h2-14,17H,16H2,1H3. The Labute approximate surface area is 189 Å². The maximum absolute atomic E-state index is 13.9. The third kappa shape index (κ3) is 3.62. The molecule has 0 amide bonds. The van der Waals surface area contributed by atoms with Gasteiger partial charge in [0.25, 0.3) is 5.56 Å². The molecule has 5 rings (SSSR count). The summed E-state index contributed by atoms with van der Waals surface area (Å²) < 4.78 is 1.72. The van der Waals surface area contributed by atoms with E-state index in [4.69, 9.17) is 4.98 Å². The second-order valence-electron chi connectivity index (χ2n) is 7.70. The first kappa shape index (κ1) is 19.9. The number of benzene rings is 3. The van der Waals surface area contributed by atoms with E-state index in [0.29, 0.717) is 23.3 Å². The van der Waals surface area contributed by atoms with E-state index in [9.17, 15) is 10.1 Å². The van der Waals surface area contributed by atoms with Crippen LogP contribution in [0.5, 0.6) is 0 Å². The summed E-state index contributed by atoms with van der Waals surface area (Å²) in [5, 5.41) is 11.9. The van der Waals surface area contributed by atoms with Crippen molar-refractivity contribution in [1.82, 2.24) is 9.55 Å². The monoisotopic (exact) mass is 433 g/mol. The van der Waals surface area contributed by atoms with E-state index in [1.165, 1.54) is 11.3 Å². The van der Waals surface area contributed by atoms with Crippen molar-refractivity contribution in [1.29, 1.82) is 5.26 Å². The number of fused-ring (bicyclic) bond motifs is 1. The summed E-state index contributed by atoms with van der Waals surface area (Å²) >= 11 is 1.49. The highest BCUT2D eigenvalue weighted by Crippen LogP contribution is 2.32. The lowest BCUT2D eigenvalue weighted by atomic mass is 10.1. The van der Waals surface area contributed by atoms with Gasteiger partial charge in [0.1, 0.15) is 10.7 Å². The predicted octanol–water partition coefficient (Wildman–Crippen LogP) is 6.02. The van der Waals surface area contributed by atoms with Crippen LogP contribution in [-0.2, 0) is 6.54 Å². The molecule has 0 spiro atoms. The van der Waals surface area contributed by atoms with Crippen molar-refractivity contribution in [3.63, 3.8) is 0 Å². The number of nitrogens with zero attached hydrogens (tertiary/aromatic N) is 3. The van der Waals surface area contributed by atoms with Crippen LogP contribution in [0.2, 0.25) is 0 Å². The van der Waals surface area contributed by atoms with Gasteiger partial charge in [0.15, 0.2) is 0 Å². The Kier molecular flexibility index (Phi) is 5.14. The Bertz CT molecular complexity index is 1520. The maximum Gasteiger partial charge on any atom is 0.263 e. The van der Waals surface area contributed by atoms with E-state index in [1.807, 2.05) is 85.1 Å². The Morgan fingerprint density at radius 2 is 1.75 bits per heavy atom. The quantitative estimate of drug-likeness (QED) is 0.348. The first-order valence-corrected chi connectivity index (χ1v) is 11.2. The summed E-state index contributed by atoms with van der Waals surface area (Å²) in [6.07, 6.45) is 0. The zero-order valence-corrected chi connectivity index (χ0v) is 18.3. The van der Waals surface area contributed by atoms with Crippen molar-refractivity contribution in [2.75, 3.05) is 0 Å². The molecule has 0 saturated heterocycles. The fourth-order valence-corrected chi connectivity index (χ4v) is 4.78. The molecule has 0 unspecified atom stereocenters. The lowest BCUT2D eigenvalue weighted by molar-refractivity contribution is 0.760. The van der Waals surface area contributed by atoms with Crippen molar-refractivity contribution in [3.8, 4) is 28.6 Å². The molecule has 2 heterocycles. The van der Waals surface area contributed by atoms with Gasteiger partial charge in [-0.1, -0.05) is 72.3 Å². The fraction of sp³-hybridized carbons (Fsp3) is 0.0741. The van der Waals surface area contributed by atoms with Crippen LogP contribution in [0, 0.1) is 18.3 Å². The summed E-state index contributed by atoms with van der Waals surface area (Å²) in [6.45, 7) is 2.37. The number of aromatic nitrogens is 2. The van der Waals surface area contributed by atoms with E-state index in [2.05, 4.69) is 6.07 Å². The molecule has 0 aliphatic rings. The average Bonchev–Trinajstić information content (AvgIpc) is 3.26. The molecular weight excluding hydrogens is 414 g/mol. The van der Waals surface area contributed by atoms with Gasteiger partial charge in [-0.25, -0.2) is 4.98 Å². The SMILES string of the molecule is Cc1ccc(-c2nc3scc(-c4ccccc4)c3c(=O)n2Cc2cccc(C#N)c2)cc1. The molecule has 0 atom stereocenters. The minimum atomic E-state index is -0.0759. The van der Waals surface area contributed by atoms with Gasteiger partial charge in [-0.2, -0.15) is 5.26 Å². The molecule has 3 aromatic carbocycles. The average molecular weight is 434 g/mol. The first-order chi connectivity index (χ1) is 15.6. The number of nitriles is 1. The molecule has 4 nitrogen and oxygen atoms in total. The van der Waals surface area contributed by atoms with Crippen LogP contribution < -0.4 is 5.56 Å². The number of rotatable bonds is 4. The van der Waals surface area contributed by atoms with Crippen LogP contribution in [0.15, 0.2) is 89.0 Å². The van der Waals surface area contributed by atoms with Gasteiger partial charge in [-0.3, -0.25) is 9.36 Å². The minimum absolute atomic E-state index is 0.0759. The van der Waals surface area contributed by atoms with Crippen LogP contribution in [0.1, 0.15) is 16.7 Å². The molecule has 0 N–H and O–H groups in total. The van der Waals surface area contributed by atoms with Crippen LogP contribution >= 0.6 is 11.3 Å². The number of hydrogen-bond donors (Lipinski definition) is 0. The highest BCUT2D eigenvalue weighted by atomic mass is 32.1. The third-order valence-corrected chi connectivity index (χ3v) is 6.36. The highest BCUT2D eigenvalue weighted by Gasteiger charge is 2.18. The summed E-state index contributed by atoms with van der Waals surface area (Å²) in [4.78, 5) is 19.5. The molecule has 0 fully saturated rings. The Morgan fingerprint density at radius 1 is 0.969 bits per heavy atom. The topological polar surface area (TPSA) is 58.7 Å². The molecule has 32 heavy (non-hydrogen) atoms. The largest absolute Gasteiger partial charge is 0.288 e. The Balaban J connectivity index is 1.76. The zero-order valence-electron chi connectivity index (χ0n) is 17.4. The molecule has 0 aliphatic carbocycles. The van der Waals surface area contributed by atoms with Gasteiger partial charge in [-0.15, -0.1) is 11.3 Å².